The smallest absolute Gasteiger partial charge is 0.134 e. The van der Waals surface area contributed by atoms with Gasteiger partial charge in [0, 0.05) is 24.9 Å². The molecule has 0 aliphatic heterocycles. The summed E-state index contributed by atoms with van der Waals surface area (Å²) in [5, 5.41) is 4.22. The van der Waals surface area contributed by atoms with Crippen molar-refractivity contribution in [2.75, 3.05) is 26.6 Å². The average Bonchev–Trinajstić information content (AvgIpc) is 2.39. The molecule has 0 amide bonds. The minimum atomic E-state index is 0.747. The fourth-order valence-electron chi connectivity index (χ4n) is 2.14. The van der Waals surface area contributed by atoms with E-state index in [9.17, 15) is 0 Å². The summed E-state index contributed by atoms with van der Waals surface area (Å²) in [6, 6.07) is 3.80. The summed E-state index contributed by atoms with van der Waals surface area (Å²) in [7, 11) is 5.20. The van der Waals surface area contributed by atoms with Crippen LogP contribution in [0, 0.1) is 13.8 Å². The number of methoxy groups -OCH3 is 2. The van der Waals surface area contributed by atoms with Crippen LogP contribution in [0.25, 0.3) is 10.9 Å². The molecule has 0 aliphatic rings. The lowest BCUT2D eigenvalue weighted by Crippen LogP contribution is -2.00. The van der Waals surface area contributed by atoms with Crippen LogP contribution in [0.15, 0.2) is 12.1 Å². The lowest BCUT2D eigenvalue weighted by atomic mass is 10.1. The van der Waals surface area contributed by atoms with Crippen molar-refractivity contribution in [2.45, 2.75) is 13.8 Å². The lowest BCUT2D eigenvalue weighted by Gasteiger charge is -2.15. The largest absolute Gasteiger partial charge is 0.497 e. The maximum Gasteiger partial charge on any atom is 0.134 e. The first-order chi connectivity index (χ1) is 8.62. The Labute approximate surface area is 107 Å². The Morgan fingerprint density at radius 3 is 2.39 bits per heavy atom. The fourth-order valence-corrected chi connectivity index (χ4v) is 2.14. The van der Waals surface area contributed by atoms with E-state index in [4.69, 9.17) is 9.47 Å². The molecule has 0 radical (unpaired) electrons. The number of aromatic nitrogens is 1. The number of hydrogen-bond acceptors (Lipinski definition) is 4. The standard InChI is InChI=1S/C14H18N2O2/c1-8-9(2)16-11-6-10(17-4)7-12(18-5)13(11)14(8)15-3/h6-7H,1-5H3,(H,15,16). The van der Waals surface area contributed by atoms with Crippen LogP contribution in [0.4, 0.5) is 5.69 Å². The third-order valence-electron chi connectivity index (χ3n) is 3.22. The van der Waals surface area contributed by atoms with Gasteiger partial charge >= 0.3 is 0 Å². The third-order valence-corrected chi connectivity index (χ3v) is 3.22. The van der Waals surface area contributed by atoms with Crippen LogP contribution >= 0.6 is 0 Å². The molecule has 2 rings (SSSR count). The molecule has 0 spiro atoms. The Kier molecular flexibility index (Phi) is 3.28. The maximum absolute atomic E-state index is 5.45. The second-order valence-electron chi connectivity index (χ2n) is 4.17. The second-order valence-corrected chi connectivity index (χ2v) is 4.17. The Balaban J connectivity index is 2.90. The maximum atomic E-state index is 5.45. The molecule has 96 valence electrons. The van der Waals surface area contributed by atoms with E-state index in [0.717, 1.165) is 39.3 Å². The molecule has 1 heterocycles. The molecule has 0 fully saturated rings. The molecule has 1 N–H and O–H groups in total. The minimum absolute atomic E-state index is 0.747. The molecule has 4 nitrogen and oxygen atoms in total. The van der Waals surface area contributed by atoms with Gasteiger partial charge in [-0.2, -0.15) is 0 Å². The van der Waals surface area contributed by atoms with Gasteiger partial charge in [-0.05, 0) is 19.4 Å². The number of fused-ring (bicyclic) bond motifs is 1. The van der Waals surface area contributed by atoms with E-state index in [1.807, 2.05) is 26.1 Å². The van der Waals surface area contributed by atoms with Gasteiger partial charge in [0.15, 0.2) is 0 Å². The summed E-state index contributed by atoms with van der Waals surface area (Å²) in [5.41, 5.74) is 4.06. The zero-order valence-electron chi connectivity index (χ0n) is 11.4. The topological polar surface area (TPSA) is 43.4 Å². The number of nitrogens with one attached hydrogen (secondary N) is 1. The lowest BCUT2D eigenvalue weighted by molar-refractivity contribution is 0.398. The van der Waals surface area contributed by atoms with E-state index in [-0.39, 0.29) is 0 Å². The summed E-state index contributed by atoms with van der Waals surface area (Å²) in [6.07, 6.45) is 0. The molecule has 0 saturated heterocycles. The monoisotopic (exact) mass is 246 g/mol. The van der Waals surface area contributed by atoms with Crippen molar-refractivity contribution in [2.24, 2.45) is 0 Å². The molecule has 0 unspecified atom stereocenters. The average molecular weight is 246 g/mol. The highest BCUT2D eigenvalue weighted by Gasteiger charge is 2.14. The molecule has 18 heavy (non-hydrogen) atoms. The Hall–Kier alpha value is -1.97. The van der Waals surface area contributed by atoms with Crippen LogP contribution in [0.5, 0.6) is 11.5 Å². The van der Waals surface area contributed by atoms with Crippen LogP contribution in [0.1, 0.15) is 11.3 Å². The predicted molar refractivity (Wildman–Crippen MR) is 73.9 cm³/mol. The molecule has 1 aromatic heterocycles. The van der Waals surface area contributed by atoms with Crippen LogP contribution < -0.4 is 14.8 Å². The number of nitrogens with zero attached hydrogens (tertiary/aromatic N) is 1. The number of ether oxygens (including phenoxy) is 2. The number of anilines is 1. The van der Waals surface area contributed by atoms with Gasteiger partial charge < -0.3 is 14.8 Å². The van der Waals surface area contributed by atoms with Gasteiger partial charge in [0.2, 0.25) is 0 Å². The van der Waals surface area contributed by atoms with Crippen molar-refractivity contribution in [3.05, 3.63) is 23.4 Å². The van der Waals surface area contributed by atoms with Gasteiger partial charge in [0.1, 0.15) is 11.5 Å². The van der Waals surface area contributed by atoms with Crippen molar-refractivity contribution in [1.82, 2.24) is 4.98 Å². The number of aryl methyl sites for hydroxylation is 1. The van der Waals surface area contributed by atoms with Crippen LogP contribution in [-0.4, -0.2) is 26.3 Å². The molecule has 4 heteroatoms. The highest BCUT2D eigenvalue weighted by molar-refractivity contribution is 5.99. The van der Waals surface area contributed by atoms with E-state index in [1.54, 1.807) is 14.2 Å². The third kappa shape index (κ3) is 1.83. The molecular formula is C14H18N2O2. The van der Waals surface area contributed by atoms with Gasteiger partial charge in [0.05, 0.1) is 30.8 Å². The van der Waals surface area contributed by atoms with Gasteiger partial charge in [0.25, 0.3) is 0 Å². The van der Waals surface area contributed by atoms with Crippen LogP contribution in [0.3, 0.4) is 0 Å². The Bertz CT molecular complexity index is 594. The fraction of sp³-hybridized carbons (Fsp3) is 0.357. The summed E-state index contributed by atoms with van der Waals surface area (Å²) in [5.74, 6) is 1.52. The first-order valence-corrected chi connectivity index (χ1v) is 5.83. The summed E-state index contributed by atoms with van der Waals surface area (Å²) < 4.78 is 10.7. The van der Waals surface area contributed by atoms with Gasteiger partial charge in [-0.15, -0.1) is 0 Å². The van der Waals surface area contributed by atoms with Crippen molar-refractivity contribution in [1.29, 1.82) is 0 Å². The van der Waals surface area contributed by atoms with E-state index in [2.05, 4.69) is 17.2 Å². The predicted octanol–water partition coefficient (Wildman–Crippen LogP) is 2.91. The van der Waals surface area contributed by atoms with Crippen molar-refractivity contribution in [3.63, 3.8) is 0 Å². The highest BCUT2D eigenvalue weighted by Crippen LogP contribution is 2.37. The Morgan fingerprint density at radius 2 is 1.83 bits per heavy atom. The zero-order chi connectivity index (χ0) is 13.3. The van der Waals surface area contributed by atoms with Crippen LogP contribution in [-0.2, 0) is 0 Å². The highest BCUT2D eigenvalue weighted by atomic mass is 16.5. The van der Waals surface area contributed by atoms with E-state index < -0.39 is 0 Å². The van der Waals surface area contributed by atoms with Gasteiger partial charge in [-0.25, -0.2) is 0 Å². The second kappa shape index (κ2) is 4.72. The van der Waals surface area contributed by atoms with Crippen molar-refractivity contribution < 1.29 is 9.47 Å². The Morgan fingerprint density at radius 1 is 1.11 bits per heavy atom. The van der Waals surface area contributed by atoms with Crippen LogP contribution in [0.2, 0.25) is 0 Å². The van der Waals surface area contributed by atoms with Gasteiger partial charge in [-0.3, -0.25) is 4.98 Å². The number of benzene rings is 1. The molecule has 1 aromatic carbocycles. The molecule has 0 saturated carbocycles. The van der Waals surface area contributed by atoms with Gasteiger partial charge in [-0.1, -0.05) is 0 Å². The minimum Gasteiger partial charge on any atom is -0.497 e. The molecule has 2 aromatic rings. The number of pyridine rings is 1. The SMILES string of the molecule is CNc1c(C)c(C)nc2cc(OC)cc(OC)c12. The van der Waals surface area contributed by atoms with E-state index in [0.29, 0.717) is 0 Å². The van der Waals surface area contributed by atoms with Crippen molar-refractivity contribution in [3.8, 4) is 11.5 Å². The first kappa shape index (κ1) is 12.5. The van der Waals surface area contributed by atoms with E-state index >= 15 is 0 Å². The quantitative estimate of drug-likeness (QED) is 0.904. The van der Waals surface area contributed by atoms with E-state index in [1.165, 1.54) is 0 Å². The normalized spacial score (nSPS) is 10.5. The first-order valence-electron chi connectivity index (χ1n) is 5.83. The molecule has 0 bridgehead atoms. The number of hydrogen-bond donors (Lipinski definition) is 1. The summed E-state index contributed by atoms with van der Waals surface area (Å²) >= 11 is 0. The molecule has 0 aliphatic carbocycles. The zero-order valence-corrected chi connectivity index (χ0v) is 11.4. The molecule has 0 atom stereocenters. The molecular weight excluding hydrogens is 228 g/mol. The van der Waals surface area contributed by atoms with Crippen molar-refractivity contribution >= 4 is 16.6 Å². The number of rotatable bonds is 3. The summed E-state index contributed by atoms with van der Waals surface area (Å²) in [4.78, 5) is 4.60. The summed E-state index contributed by atoms with van der Waals surface area (Å²) in [6.45, 7) is 4.05.